The van der Waals surface area contributed by atoms with Crippen LogP contribution in [0.1, 0.15) is 13.8 Å². The Morgan fingerprint density at radius 1 is 1.06 bits per heavy atom. The summed E-state index contributed by atoms with van der Waals surface area (Å²) in [5.41, 5.74) is 0.557. The van der Waals surface area contributed by atoms with Crippen molar-refractivity contribution in [1.29, 1.82) is 0 Å². The van der Waals surface area contributed by atoms with Gasteiger partial charge in [-0.1, -0.05) is 26.0 Å². The van der Waals surface area contributed by atoms with Crippen LogP contribution in [0.5, 0.6) is 0 Å². The molecule has 1 aliphatic carbocycles. The largest absolute Gasteiger partial charge is 0.478 e. The van der Waals surface area contributed by atoms with Gasteiger partial charge in [0, 0.05) is 12.6 Å². The number of hydrogen-bond donors (Lipinski definition) is 2. The van der Waals surface area contributed by atoms with E-state index in [-0.39, 0.29) is 11.5 Å². The van der Waals surface area contributed by atoms with E-state index >= 15 is 0 Å². The molecule has 0 aliphatic heterocycles. The molecule has 0 aromatic heterocycles. The summed E-state index contributed by atoms with van der Waals surface area (Å²) in [6.45, 7) is 4.00. The summed E-state index contributed by atoms with van der Waals surface area (Å²) in [6.07, 6.45) is 9.16. The third-order valence-electron chi connectivity index (χ3n) is 1.84. The summed E-state index contributed by atoms with van der Waals surface area (Å²) in [6, 6.07) is 0. The van der Waals surface area contributed by atoms with Crippen LogP contribution in [0.3, 0.4) is 0 Å². The van der Waals surface area contributed by atoms with Crippen LogP contribution >= 0.6 is 0 Å². The first kappa shape index (κ1) is 14.9. The predicted molar refractivity (Wildman–Crippen MR) is 67.5 cm³/mol. The second kappa shape index (κ2) is 8.10. The van der Waals surface area contributed by atoms with Crippen molar-refractivity contribution < 1.29 is 14.7 Å². The number of carboxylic acids is 1. The molecule has 4 heteroatoms. The maximum absolute atomic E-state index is 11.3. The standard InChI is InChI=1S/C11H11NO3.C2H6/c1-12-10(13)8-4-2-3-5-9(7-6-8)11(14)15;1-2/h2-7H,1H3,(H,12,13)(H,14,15);1-2H3/b3-2?,4-2-,5-3-,7-6?,8-4?,8-6+,9-5?,9-7+;. The van der Waals surface area contributed by atoms with Gasteiger partial charge in [-0.05, 0) is 24.3 Å². The first-order chi connectivity index (χ1) is 8.15. The van der Waals surface area contributed by atoms with E-state index in [4.69, 9.17) is 5.11 Å². The van der Waals surface area contributed by atoms with Gasteiger partial charge in [0.25, 0.3) is 5.91 Å². The van der Waals surface area contributed by atoms with Crippen molar-refractivity contribution >= 4 is 11.9 Å². The normalized spacial score (nSPS) is 23.2. The molecule has 0 unspecified atom stereocenters. The lowest BCUT2D eigenvalue weighted by molar-refractivity contribution is -0.132. The third-order valence-corrected chi connectivity index (χ3v) is 1.84. The van der Waals surface area contributed by atoms with Crippen LogP contribution in [-0.2, 0) is 9.59 Å². The lowest BCUT2D eigenvalue weighted by Crippen LogP contribution is -2.19. The molecule has 0 heterocycles. The highest BCUT2D eigenvalue weighted by Crippen LogP contribution is 2.06. The average molecular weight is 235 g/mol. The van der Waals surface area contributed by atoms with Crippen molar-refractivity contribution in [3.63, 3.8) is 0 Å². The number of amides is 1. The van der Waals surface area contributed by atoms with Crippen LogP contribution < -0.4 is 5.32 Å². The maximum atomic E-state index is 11.3. The Kier molecular flexibility index (Phi) is 7.10. The second-order valence-corrected chi connectivity index (χ2v) is 2.85. The molecule has 0 fully saturated rings. The molecule has 0 bridgehead atoms. The molecule has 4 nitrogen and oxygen atoms in total. The Morgan fingerprint density at radius 3 is 2.00 bits per heavy atom. The fourth-order valence-corrected chi connectivity index (χ4v) is 1.05. The number of hydrogen-bond acceptors (Lipinski definition) is 2. The molecule has 1 aliphatic rings. The monoisotopic (exact) mass is 235 g/mol. The Hall–Kier alpha value is -2.10. The topological polar surface area (TPSA) is 66.4 Å². The Balaban J connectivity index is 0.00000121. The van der Waals surface area contributed by atoms with Gasteiger partial charge >= 0.3 is 5.97 Å². The number of carboxylic acid groups (broad SMARTS) is 1. The van der Waals surface area contributed by atoms with Crippen molar-refractivity contribution in [2.24, 2.45) is 0 Å². The molecule has 0 atom stereocenters. The van der Waals surface area contributed by atoms with Gasteiger partial charge in [-0.15, -0.1) is 0 Å². The molecule has 1 rings (SSSR count). The number of carbonyl (C=O) groups is 2. The van der Waals surface area contributed by atoms with E-state index in [1.54, 1.807) is 18.2 Å². The number of allylic oxidation sites excluding steroid dienone is 4. The highest BCUT2D eigenvalue weighted by molar-refractivity contribution is 5.97. The van der Waals surface area contributed by atoms with Crippen molar-refractivity contribution in [2.75, 3.05) is 7.05 Å². The zero-order chi connectivity index (χ0) is 13.3. The molecule has 0 aromatic carbocycles. The van der Waals surface area contributed by atoms with Gasteiger partial charge in [0.1, 0.15) is 0 Å². The minimum absolute atomic E-state index is 0.140. The smallest absolute Gasteiger partial charge is 0.335 e. The van der Waals surface area contributed by atoms with Crippen LogP contribution in [0.15, 0.2) is 47.6 Å². The second-order valence-electron chi connectivity index (χ2n) is 2.85. The molecule has 0 spiro atoms. The fourth-order valence-electron chi connectivity index (χ4n) is 1.05. The predicted octanol–water partition coefficient (Wildman–Crippen LogP) is 1.82. The van der Waals surface area contributed by atoms with Gasteiger partial charge in [-0.3, -0.25) is 4.79 Å². The van der Waals surface area contributed by atoms with Crippen molar-refractivity contribution in [2.45, 2.75) is 13.8 Å². The Morgan fingerprint density at radius 2 is 1.53 bits per heavy atom. The van der Waals surface area contributed by atoms with E-state index < -0.39 is 5.97 Å². The van der Waals surface area contributed by atoms with Crippen molar-refractivity contribution in [3.05, 3.63) is 47.6 Å². The molecule has 0 aromatic rings. The first-order valence-corrected chi connectivity index (χ1v) is 5.37. The lowest BCUT2D eigenvalue weighted by Gasteiger charge is -2.00. The number of aliphatic carboxylic acids is 1. The molecule has 2 N–H and O–H groups in total. The van der Waals surface area contributed by atoms with Gasteiger partial charge < -0.3 is 10.4 Å². The van der Waals surface area contributed by atoms with E-state index in [9.17, 15) is 9.59 Å². The minimum Gasteiger partial charge on any atom is -0.478 e. The van der Waals surface area contributed by atoms with Gasteiger partial charge in [-0.2, -0.15) is 0 Å². The number of nitrogens with one attached hydrogen (secondary N) is 1. The SMILES string of the molecule is CC.CNC(=O)C1=C/C=C(C(=O)O)\C=C/C=C\1. The Labute approximate surface area is 101 Å². The van der Waals surface area contributed by atoms with Gasteiger partial charge in [0.2, 0.25) is 0 Å². The number of likely N-dealkylation sites (N-methyl/N-ethyl adjacent to an activating group) is 1. The van der Waals surface area contributed by atoms with Gasteiger partial charge in [-0.25, -0.2) is 4.79 Å². The Bertz CT molecular complexity index is 401. The number of rotatable bonds is 2. The average Bonchev–Trinajstić information content (AvgIpc) is 2.30. The van der Waals surface area contributed by atoms with Crippen molar-refractivity contribution in [1.82, 2.24) is 5.32 Å². The molecule has 0 saturated heterocycles. The van der Waals surface area contributed by atoms with E-state index in [2.05, 4.69) is 5.32 Å². The molecular formula is C13H17NO3. The summed E-state index contributed by atoms with van der Waals surface area (Å²) >= 11 is 0. The summed E-state index contributed by atoms with van der Waals surface area (Å²) in [5, 5.41) is 11.2. The van der Waals surface area contributed by atoms with Crippen LogP contribution in [0, 0.1) is 0 Å². The highest BCUT2D eigenvalue weighted by atomic mass is 16.4. The summed E-state index contributed by atoms with van der Waals surface area (Å²) < 4.78 is 0. The third kappa shape index (κ3) is 4.97. The van der Waals surface area contributed by atoms with E-state index in [1.165, 1.54) is 25.3 Å². The maximum Gasteiger partial charge on any atom is 0.335 e. The van der Waals surface area contributed by atoms with Gasteiger partial charge in [0.05, 0.1) is 5.57 Å². The molecule has 1 amide bonds. The summed E-state index contributed by atoms with van der Waals surface area (Å²) in [7, 11) is 1.52. The summed E-state index contributed by atoms with van der Waals surface area (Å²) in [5.74, 6) is -1.27. The van der Waals surface area contributed by atoms with E-state index in [0.717, 1.165) is 0 Å². The zero-order valence-corrected chi connectivity index (χ0v) is 10.2. The van der Waals surface area contributed by atoms with E-state index in [0.29, 0.717) is 5.57 Å². The number of carbonyl (C=O) groups excluding carboxylic acids is 1. The molecule has 0 saturated carbocycles. The molecule has 0 radical (unpaired) electrons. The van der Waals surface area contributed by atoms with Crippen LogP contribution in [0.4, 0.5) is 0 Å². The van der Waals surface area contributed by atoms with E-state index in [1.807, 2.05) is 13.8 Å². The highest BCUT2D eigenvalue weighted by Gasteiger charge is 2.05. The fraction of sp³-hybridized carbons (Fsp3) is 0.231. The van der Waals surface area contributed by atoms with Crippen LogP contribution in [0.2, 0.25) is 0 Å². The quantitative estimate of drug-likeness (QED) is 0.767. The summed E-state index contributed by atoms with van der Waals surface area (Å²) in [4.78, 5) is 22.0. The molecular weight excluding hydrogens is 218 g/mol. The first-order valence-electron chi connectivity index (χ1n) is 5.37. The zero-order valence-electron chi connectivity index (χ0n) is 10.2. The molecule has 17 heavy (non-hydrogen) atoms. The van der Waals surface area contributed by atoms with Crippen molar-refractivity contribution in [3.8, 4) is 0 Å². The minimum atomic E-state index is -1.02. The van der Waals surface area contributed by atoms with Crippen LogP contribution in [-0.4, -0.2) is 24.0 Å². The van der Waals surface area contributed by atoms with Crippen LogP contribution in [0.25, 0.3) is 0 Å². The van der Waals surface area contributed by atoms with Gasteiger partial charge in [0.15, 0.2) is 0 Å². The lowest BCUT2D eigenvalue weighted by atomic mass is 10.1. The molecule has 92 valence electrons.